The van der Waals surface area contributed by atoms with Crippen molar-refractivity contribution in [2.75, 3.05) is 26.3 Å². The molecule has 0 aromatic carbocycles. The van der Waals surface area contributed by atoms with Gasteiger partial charge < -0.3 is 14.4 Å². The first kappa shape index (κ1) is 16.9. The van der Waals surface area contributed by atoms with Crippen molar-refractivity contribution in [2.45, 2.75) is 25.4 Å². The molecule has 2 aromatic rings. The Balaban J connectivity index is 1.52. The van der Waals surface area contributed by atoms with Gasteiger partial charge in [-0.2, -0.15) is 0 Å². The minimum absolute atomic E-state index is 0.0614. The van der Waals surface area contributed by atoms with Crippen LogP contribution in [0.2, 0.25) is 0 Å². The van der Waals surface area contributed by atoms with Crippen molar-refractivity contribution in [2.24, 2.45) is 5.41 Å². The predicted octanol–water partition coefficient (Wildman–Crippen LogP) is 1.96. The number of likely N-dealkylation sites (tertiary alicyclic amines) is 1. The lowest BCUT2D eigenvalue weighted by Crippen LogP contribution is -2.58. The van der Waals surface area contributed by atoms with Gasteiger partial charge in [0, 0.05) is 43.6 Å². The Bertz CT molecular complexity index is 743. The first-order valence-electron chi connectivity index (χ1n) is 8.98. The van der Waals surface area contributed by atoms with Crippen LogP contribution in [0.3, 0.4) is 0 Å². The zero-order chi connectivity index (χ0) is 17.8. The zero-order valence-corrected chi connectivity index (χ0v) is 14.6. The second-order valence-electron chi connectivity index (χ2n) is 6.89. The van der Waals surface area contributed by atoms with Crippen molar-refractivity contribution in [1.82, 2.24) is 19.9 Å². The van der Waals surface area contributed by atoms with Gasteiger partial charge in [0.15, 0.2) is 0 Å². The standard InChI is InChI=1S/C19H22N4O3/c24-18(15-5-9-20-14-22-15)23-10-6-16-19(12-23,7-3-11-25-16)13-26-17-4-1-2-8-21-17/h1-2,4-5,8-9,14,16H,3,6-7,10-13H2/t16-,19-/m1/s1. The number of amides is 1. The molecule has 2 aromatic heterocycles. The number of nitrogens with zero attached hydrogens (tertiary/aromatic N) is 4. The van der Waals surface area contributed by atoms with Crippen LogP contribution in [0.4, 0.5) is 0 Å². The van der Waals surface area contributed by atoms with Crippen molar-refractivity contribution in [3.05, 3.63) is 48.7 Å². The molecular weight excluding hydrogens is 332 g/mol. The molecule has 0 spiro atoms. The van der Waals surface area contributed by atoms with Gasteiger partial charge in [-0.05, 0) is 31.4 Å². The normalized spacial score (nSPS) is 25.4. The summed E-state index contributed by atoms with van der Waals surface area (Å²) < 4.78 is 12.0. The molecule has 4 heterocycles. The predicted molar refractivity (Wildman–Crippen MR) is 93.7 cm³/mol. The number of piperidine rings is 1. The topological polar surface area (TPSA) is 77.4 Å². The lowest BCUT2D eigenvalue weighted by molar-refractivity contribution is -0.133. The fourth-order valence-corrected chi connectivity index (χ4v) is 3.90. The minimum Gasteiger partial charge on any atom is -0.477 e. The molecule has 2 aliphatic heterocycles. The van der Waals surface area contributed by atoms with Crippen molar-refractivity contribution < 1.29 is 14.3 Å². The molecular formula is C19H22N4O3. The van der Waals surface area contributed by atoms with Crippen molar-refractivity contribution in [3.63, 3.8) is 0 Å². The average Bonchev–Trinajstić information content (AvgIpc) is 2.73. The molecule has 7 nitrogen and oxygen atoms in total. The number of hydrogen-bond acceptors (Lipinski definition) is 6. The van der Waals surface area contributed by atoms with Gasteiger partial charge in [-0.3, -0.25) is 4.79 Å². The summed E-state index contributed by atoms with van der Waals surface area (Å²) in [6.45, 7) is 2.53. The molecule has 7 heteroatoms. The molecule has 2 atom stereocenters. The van der Waals surface area contributed by atoms with Crippen LogP contribution in [0.25, 0.3) is 0 Å². The van der Waals surface area contributed by atoms with Crippen LogP contribution in [0.15, 0.2) is 43.0 Å². The van der Waals surface area contributed by atoms with E-state index >= 15 is 0 Å². The highest BCUT2D eigenvalue weighted by atomic mass is 16.5. The molecule has 0 radical (unpaired) electrons. The highest BCUT2D eigenvalue weighted by Crippen LogP contribution is 2.40. The summed E-state index contributed by atoms with van der Waals surface area (Å²) in [6.07, 6.45) is 7.57. The van der Waals surface area contributed by atoms with Crippen molar-refractivity contribution in [3.8, 4) is 5.88 Å². The highest BCUT2D eigenvalue weighted by Gasteiger charge is 2.48. The van der Waals surface area contributed by atoms with Crippen LogP contribution >= 0.6 is 0 Å². The first-order chi connectivity index (χ1) is 12.8. The number of hydrogen-bond donors (Lipinski definition) is 0. The maximum absolute atomic E-state index is 12.8. The SMILES string of the molecule is O=C(c1ccncn1)N1CC[C@H]2OCCC[C@]2(COc2ccccn2)C1. The van der Waals surface area contributed by atoms with Crippen LogP contribution in [0.1, 0.15) is 29.8 Å². The van der Waals surface area contributed by atoms with Gasteiger partial charge in [0.2, 0.25) is 5.88 Å². The molecule has 136 valence electrons. The molecule has 0 bridgehead atoms. The molecule has 1 amide bonds. The van der Waals surface area contributed by atoms with Gasteiger partial charge in [-0.25, -0.2) is 15.0 Å². The number of carbonyl (C=O) groups is 1. The molecule has 0 saturated carbocycles. The third-order valence-corrected chi connectivity index (χ3v) is 5.22. The molecule has 26 heavy (non-hydrogen) atoms. The third-order valence-electron chi connectivity index (χ3n) is 5.22. The van der Waals surface area contributed by atoms with E-state index in [4.69, 9.17) is 9.47 Å². The number of rotatable bonds is 4. The van der Waals surface area contributed by atoms with Gasteiger partial charge in [0.1, 0.15) is 12.0 Å². The maximum atomic E-state index is 12.8. The Hall–Kier alpha value is -2.54. The van der Waals surface area contributed by atoms with E-state index in [1.165, 1.54) is 6.33 Å². The lowest BCUT2D eigenvalue weighted by Gasteiger charge is -2.49. The zero-order valence-electron chi connectivity index (χ0n) is 14.6. The summed E-state index contributed by atoms with van der Waals surface area (Å²) in [5.74, 6) is 0.541. The fraction of sp³-hybridized carbons (Fsp3) is 0.474. The highest BCUT2D eigenvalue weighted by molar-refractivity contribution is 5.92. The van der Waals surface area contributed by atoms with Gasteiger partial charge in [-0.15, -0.1) is 0 Å². The fourth-order valence-electron chi connectivity index (χ4n) is 3.90. The number of ether oxygens (including phenoxy) is 2. The third kappa shape index (κ3) is 3.39. The summed E-state index contributed by atoms with van der Waals surface area (Å²) in [6, 6.07) is 7.27. The molecule has 2 aliphatic rings. The number of aromatic nitrogens is 3. The van der Waals surface area contributed by atoms with E-state index in [9.17, 15) is 4.79 Å². The second kappa shape index (κ2) is 7.37. The maximum Gasteiger partial charge on any atom is 0.272 e. The largest absolute Gasteiger partial charge is 0.477 e. The molecule has 2 fully saturated rings. The number of carbonyl (C=O) groups excluding carboxylic acids is 1. The van der Waals surface area contributed by atoms with Crippen molar-refractivity contribution in [1.29, 1.82) is 0 Å². The monoisotopic (exact) mass is 354 g/mol. The van der Waals surface area contributed by atoms with Gasteiger partial charge in [0.05, 0.1) is 12.7 Å². The van der Waals surface area contributed by atoms with E-state index in [0.717, 1.165) is 25.9 Å². The Morgan fingerprint density at radius 2 is 2.27 bits per heavy atom. The molecule has 0 unspecified atom stereocenters. The molecule has 2 saturated heterocycles. The Kier molecular flexibility index (Phi) is 4.79. The van der Waals surface area contributed by atoms with E-state index in [1.54, 1.807) is 18.5 Å². The molecule has 0 aliphatic carbocycles. The Labute approximate surface area is 152 Å². The summed E-state index contributed by atoms with van der Waals surface area (Å²) in [5.41, 5.74) is 0.215. The van der Waals surface area contributed by atoms with Gasteiger partial charge >= 0.3 is 0 Å². The molecule has 0 N–H and O–H groups in total. The van der Waals surface area contributed by atoms with Crippen LogP contribution in [0.5, 0.6) is 5.88 Å². The van der Waals surface area contributed by atoms with Crippen LogP contribution in [-0.2, 0) is 4.74 Å². The first-order valence-corrected chi connectivity index (χ1v) is 8.98. The smallest absolute Gasteiger partial charge is 0.272 e. The minimum atomic E-state index is -0.212. The van der Waals surface area contributed by atoms with E-state index in [-0.39, 0.29) is 17.4 Å². The number of fused-ring (bicyclic) bond motifs is 1. The van der Waals surface area contributed by atoms with E-state index in [0.29, 0.717) is 31.3 Å². The Morgan fingerprint density at radius 1 is 1.31 bits per heavy atom. The Morgan fingerprint density at radius 3 is 3.08 bits per heavy atom. The summed E-state index contributed by atoms with van der Waals surface area (Å²) in [4.78, 5) is 26.9. The quantitative estimate of drug-likeness (QED) is 0.835. The number of pyridine rings is 1. The van der Waals surface area contributed by atoms with Crippen molar-refractivity contribution >= 4 is 5.91 Å². The van der Waals surface area contributed by atoms with E-state index < -0.39 is 0 Å². The molecule has 4 rings (SSSR count). The summed E-state index contributed by atoms with van der Waals surface area (Å²) in [7, 11) is 0. The van der Waals surface area contributed by atoms with E-state index in [1.807, 2.05) is 23.1 Å². The van der Waals surface area contributed by atoms with E-state index in [2.05, 4.69) is 15.0 Å². The van der Waals surface area contributed by atoms with Gasteiger partial charge in [0.25, 0.3) is 5.91 Å². The second-order valence-corrected chi connectivity index (χ2v) is 6.89. The average molecular weight is 354 g/mol. The lowest BCUT2D eigenvalue weighted by atomic mass is 9.73. The van der Waals surface area contributed by atoms with Crippen LogP contribution in [-0.4, -0.2) is 58.2 Å². The van der Waals surface area contributed by atoms with Crippen LogP contribution in [0, 0.1) is 5.41 Å². The van der Waals surface area contributed by atoms with Crippen LogP contribution < -0.4 is 4.74 Å². The summed E-state index contributed by atoms with van der Waals surface area (Å²) in [5, 5.41) is 0. The van der Waals surface area contributed by atoms with Gasteiger partial charge in [-0.1, -0.05) is 6.07 Å². The summed E-state index contributed by atoms with van der Waals surface area (Å²) >= 11 is 0.